The van der Waals surface area contributed by atoms with Crippen LogP contribution in [0.15, 0.2) is 27.6 Å². The van der Waals surface area contributed by atoms with Gasteiger partial charge in [-0.05, 0) is 0 Å². The Labute approximate surface area is 70.1 Å². The first-order chi connectivity index (χ1) is 5.00. The zero-order valence-corrected chi connectivity index (χ0v) is 9.90. The summed E-state index contributed by atoms with van der Waals surface area (Å²) in [6.07, 6.45) is 1.49. The Morgan fingerprint density at radius 3 is 2.36 bits per heavy atom. The fraction of sp³-hybridized carbons (Fsp3) is 0.375. The van der Waals surface area contributed by atoms with Gasteiger partial charge in [-0.3, -0.25) is 0 Å². The summed E-state index contributed by atoms with van der Waals surface area (Å²) >= 11 is -2.02. The van der Waals surface area contributed by atoms with Crippen molar-refractivity contribution in [1.82, 2.24) is 0 Å². The molecule has 0 aliphatic heterocycles. The summed E-state index contributed by atoms with van der Waals surface area (Å²) in [4.78, 5) is 17.6. The van der Waals surface area contributed by atoms with Gasteiger partial charge >= 0.3 is 70.0 Å². The summed E-state index contributed by atoms with van der Waals surface area (Å²) in [5, 5.41) is 0. The van der Waals surface area contributed by atoms with Crippen LogP contribution < -0.4 is 9.20 Å². The average molecular weight is 259 g/mol. The van der Waals surface area contributed by atoms with Crippen molar-refractivity contribution in [3.05, 3.63) is 28.8 Å². The van der Waals surface area contributed by atoms with Crippen molar-refractivity contribution >= 4 is 22.0 Å². The van der Waals surface area contributed by atoms with E-state index in [4.69, 9.17) is 0 Å². The van der Waals surface area contributed by atoms with E-state index in [1.165, 1.54) is 9.84 Å². The predicted octanol–water partition coefficient (Wildman–Crippen LogP) is 1.18. The molecule has 1 heterocycles. The fourth-order valence-corrected chi connectivity index (χ4v) is 4.04. The number of rotatable bonds is 1. The molecule has 0 aliphatic carbocycles. The number of hydrogen-bond acceptors (Lipinski definition) is 2. The molecule has 0 unspecified atom stereocenters. The van der Waals surface area contributed by atoms with Crippen LogP contribution in [0.25, 0.3) is 0 Å². The molecular weight excluding hydrogens is 247 g/mol. The van der Waals surface area contributed by atoms with Crippen LogP contribution in [0.3, 0.4) is 0 Å². The molecule has 0 bridgehead atoms. The third kappa shape index (κ3) is 2.36. The Bertz CT molecular complexity index is 295. The van der Waals surface area contributed by atoms with Gasteiger partial charge in [-0.2, -0.15) is 0 Å². The summed E-state index contributed by atoms with van der Waals surface area (Å²) in [5.74, 6) is 0. The molecule has 0 saturated carbocycles. The van der Waals surface area contributed by atoms with Gasteiger partial charge in [0, 0.05) is 0 Å². The molecular formula is C8H12O2Sn. The maximum absolute atomic E-state index is 10.8. The molecule has 0 spiro atoms. The number of hydrogen-bond donors (Lipinski definition) is 0. The van der Waals surface area contributed by atoms with Crippen molar-refractivity contribution in [3.63, 3.8) is 0 Å². The zero-order chi connectivity index (χ0) is 8.48. The summed E-state index contributed by atoms with van der Waals surface area (Å²) < 4.78 is 5.86. The van der Waals surface area contributed by atoms with E-state index in [1.54, 1.807) is 6.07 Å². The van der Waals surface area contributed by atoms with Crippen molar-refractivity contribution in [2.75, 3.05) is 0 Å². The molecule has 0 fully saturated rings. The second-order valence-electron chi connectivity index (χ2n) is 3.59. The zero-order valence-electron chi connectivity index (χ0n) is 7.05. The summed E-state index contributed by atoms with van der Waals surface area (Å²) in [6, 6.07) is 3.54. The SMILES string of the molecule is [CH3][Sn]([CH3])([CH3])[c]1ccoc(=O)c1. The Hall–Kier alpha value is -0.251. The van der Waals surface area contributed by atoms with Crippen LogP contribution >= 0.6 is 0 Å². The third-order valence-electron chi connectivity index (χ3n) is 1.57. The van der Waals surface area contributed by atoms with Gasteiger partial charge in [0.2, 0.25) is 0 Å². The summed E-state index contributed by atoms with van der Waals surface area (Å²) in [7, 11) is 0. The quantitative estimate of drug-likeness (QED) is 0.709. The molecule has 1 aromatic rings. The molecule has 60 valence electrons. The Kier molecular flexibility index (Phi) is 2.42. The molecule has 2 nitrogen and oxygen atoms in total. The monoisotopic (exact) mass is 260 g/mol. The topological polar surface area (TPSA) is 30.2 Å². The third-order valence-corrected chi connectivity index (χ3v) is 7.40. The molecule has 0 radical (unpaired) electrons. The first-order valence-electron chi connectivity index (χ1n) is 3.59. The van der Waals surface area contributed by atoms with Gasteiger partial charge in [-0.1, -0.05) is 0 Å². The normalized spacial score (nSPS) is 11.5. The van der Waals surface area contributed by atoms with Crippen LogP contribution in [0, 0.1) is 0 Å². The van der Waals surface area contributed by atoms with Crippen LogP contribution in [0.4, 0.5) is 0 Å². The van der Waals surface area contributed by atoms with Crippen molar-refractivity contribution in [3.8, 4) is 0 Å². The first-order valence-corrected chi connectivity index (χ1v) is 13.6. The van der Waals surface area contributed by atoms with Gasteiger partial charge in [-0.25, -0.2) is 0 Å². The van der Waals surface area contributed by atoms with Gasteiger partial charge < -0.3 is 0 Å². The van der Waals surface area contributed by atoms with Gasteiger partial charge in [0.05, 0.1) is 0 Å². The second-order valence-corrected chi connectivity index (χ2v) is 18.1. The van der Waals surface area contributed by atoms with Crippen LogP contribution in [0.5, 0.6) is 0 Å². The fourth-order valence-electron chi connectivity index (χ4n) is 0.850. The average Bonchev–Trinajstić information content (AvgIpc) is 1.86. The van der Waals surface area contributed by atoms with E-state index in [2.05, 4.69) is 19.2 Å². The van der Waals surface area contributed by atoms with E-state index in [-0.39, 0.29) is 5.63 Å². The van der Waals surface area contributed by atoms with E-state index < -0.39 is 18.4 Å². The molecule has 1 aromatic heterocycles. The minimum atomic E-state index is -2.02. The van der Waals surface area contributed by atoms with E-state index in [0.717, 1.165) is 0 Å². The van der Waals surface area contributed by atoms with E-state index in [9.17, 15) is 4.79 Å². The Morgan fingerprint density at radius 1 is 1.36 bits per heavy atom. The van der Waals surface area contributed by atoms with Crippen LogP contribution in [0.2, 0.25) is 14.8 Å². The van der Waals surface area contributed by atoms with E-state index >= 15 is 0 Å². The van der Waals surface area contributed by atoms with E-state index in [0.29, 0.717) is 0 Å². The standard InChI is InChI=1S/C5H3O2.3CH3.Sn/c6-5-3-1-2-4-7-5;;;;/h2-4H;3*1H3;. The van der Waals surface area contributed by atoms with Crippen molar-refractivity contribution in [2.24, 2.45) is 0 Å². The second kappa shape index (κ2) is 3.01. The predicted molar refractivity (Wildman–Crippen MR) is 48.0 cm³/mol. The van der Waals surface area contributed by atoms with Gasteiger partial charge in [0.25, 0.3) is 0 Å². The van der Waals surface area contributed by atoms with Gasteiger partial charge in [0.1, 0.15) is 0 Å². The van der Waals surface area contributed by atoms with E-state index in [1.807, 2.05) is 6.07 Å². The van der Waals surface area contributed by atoms with Gasteiger partial charge in [0.15, 0.2) is 0 Å². The van der Waals surface area contributed by atoms with Gasteiger partial charge in [-0.15, -0.1) is 0 Å². The molecule has 0 atom stereocenters. The molecule has 0 saturated heterocycles. The van der Waals surface area contributed by atoms with Crippen LogP contribution in [0.1, 0.15) is 0 Å². The molecule has 0 amide bonds. The summed E-state index contributed by atoms with van der Waals surface area (Å²) in [5.41, 5.74) is -0.228. The Balaban J connectivity index is 3.16. The summed E-state index contributed by atoms with van der Waals surface area (Å²) in [6.45, 7) is 0. The van der Waals surface area contributed by atoms with Crippen molar-refractivity contribution in [1.29, 1.82) is 0 Å². The minimum absolute atomic E-state index is 0.228. The maximum atomic E-state index is 10.8. The van der Waals surface area contributed by atoms with Crippen LogP contribution in [-0.2, 0) is 0 Å². The molecule has 0 aliphatic rings. The van der Waals surface area contributed by atoms with Crippen molar-refractivity contribution < 1.29 is 4.42 Å². The van der Waals surface area contributed by atoms with Crippen LogP contribution in [-0.4, -0.2) is 18.4 Å². The molecule has 11 heavy (non-hydrogen) atoms. The molecule has 0 aromatic carbocycles. The molecule has 0 N–H and O–H groups in total. The molecule has 1 rings (SSSR count). The molecule has 3 heteroatoms. The first kappa shape index (κ1) is 8.84. The Morgan fingerprint density at radius 2 is 2.00 bits per heavy atom. The van der Waals surface area contributed by atoms with Crippen molar-refractivity contribution in [2.45, 2.75) is 14.8 Å².